The Hall–Kier alpha value is -1.71. The van der Waals surface area contributed by atoms with E-state index in [0.717, 1.165) is 37.3 Å². The van der Waals surface area contributed by atoms with Crippen molar-refractivity contribution in [3.8, 4) is 11.5 Å². The molecule has 3 rings (SSSR count). The van der Waals surface area contributed by atoms with Crippen LogP contribution >= 0.6 is 0 Å². The topological polar surface area (TPSA) is 38.8 Å². The van der Waals surface area contributed by atoms with E-state index in [1.807, 2.05) is 11.0 Å². The number of hydrogen-bond acceptors (Lipinski definition) is 3. The minimum absolute atomic E-state index is 0.0863. The average molecular weight is 275 g/mol. The second-order valence-electron chi connectivity index (χ2n) is 5.54. The highest BCUT2D eigenvalue weighted by molar-refractivity contribution is 5.80. The van der Waals surface area contributed by atoms with Crippen LogP contribution in [0.15, 0.2) is 12.1 Å². The number of nitrogens with zero attached hydrogens (tertiary/aromatic N) is 1. The number of rotatable bonds is 3. The molecule has 0 saturated heterocycles. The van der Waals surface area contributed by atoms with E-state index >= 15 is 0 Å². The number of carbonyl (C=O) groups excluding carboxylic acids is 1. The van der Waals surface area contributed by atoms with Crippen molar-refractivity contribution in [1.29, 1.82) is 0 Å². The summed E-state index contributed by atoms with van der Waals surface area (Å²) in [6.45, 7) is 6.01. The molecule has 0 aliphatic carbocycles. The van der Waals surface area contributed by atoms with Crippen LogP contribution < -0.4 is 9.47 Å². The van der Waals surface area contributed by atoms with Gasteiger partial charge in [-0.1, -0.05) is 13.8 Å². The predicted octanol–water partition coefficient (Wildman–Crippen LogP) is 2.74. The highest BCUT2D eigenvalue weighted by atomic mass is 16.7. The van der Waals surface area contributed by atoms with Crippen LogP contribution in [0.3, 0.4) is 0 Å². The summed E-state index contributed by atoms with van der Waals surface area (Å²) in [5, 5.41) is 0. The Morgan fingerprint density at radius 2 is 1.90 bits per heavy atom. The van der Waals surface area contributed by atoms with Gasteiger partial charge in [0.05, 0.1) is 0 Å². The zero-order chi connectivity index (χ0) is 14.1. The molecule has 4 heteroatoms. The lowest BCUT2D eigenvalue weighted by Gasteiger charge is -2.23. The molecular weight excluding hydrogens is 254 g/mol. The van der Waals surface area contributed by atoms with Gasteiger partial charge in [-0.2, -0.15) is 0 Å². The summed E-state index contributed by atoms with van der Waals surface area (Å²) in [5.74, 6) is 1.99. The first-order valence-corrected chi connectivity index (χ1v) is 7.43. The predicted molar refractivity (Wildman–Crippen MR) is 75.8 cm³/mol. The van der Waals surface area contributed by atoms with Crippen molar-refractivity contribution in [2.24, 2.45) is 5.92 Å². The second-order valence-corrected chi connectivity index (χ2v) is 5.54. The third-order valence-corrected chi connectivity index (χ3v) is 4.17. The number of amides is 1. The van der Waals surface area contributed by atoms with Crippen LogP contribution in [0, 0.1) is 5.92 Å². The first kappa shape index (κ1) is 13.3. The first-order valence-electron chi connectivity index (χ1n) is 7.43. The van der Waals surface area contributed by atoms with E-state index in [4.69, 9.17) is 9.47 Å². The van der Waals surface area contributed by atoms with Crippen molar-refractivity contribution in [2.45, 2.75) is 39.7 Å². The van der Waals surface area contributed by atoms with Crippen molar-refractivity contribution in [2.75, 3.05) is 13.3 Å². The molecule has 1 unspecified atom stereocenters. The molecule has 0 N–H and O–H groups in total. The second kappa shape index (κ2) is 5.35. The maximum absolute atomic E-state index is 12.6. The Morgan fingerprint density at radius 1 is 1.20 bits per heavy atom. The van der Waals surface area contributed by atoms with Crippen molar-refractivity contribution in [1.82, 2.24) is 4.90 Å². The van der Waals surface area contributed by atoms with E-state index in [0.29, 0.717) is 13.3 Å². The molecule has 2 aliphatic rings. The van der Waals surface area contributed by atoms with Gasteiger partial charge < -0.3 is 14.4 Å². The molecule has 20 heavy (non-hydrogen) atoms. The molecule has 1 aromatic carbocycles. The van der Waals surface area contributed by atoms with Gasteiger partial charge in [0.15, 0.2) is 11.5 Å². The van der Waals surface area contributed by atoms with Crippen LogP contribution in [-0.4, -0.2) is 24.1 Å². The van der Waals surface area contributed by atoms with Gasteiger partial charge in [-0.25, -0.2) is 0 Å². The van der Waals surface area contributed by atoms with E-state index in [1.54, 1.807) is 0 Å². The van der Waals surface area contributed by atoms with Crippen LogP contribution in [0.1, 0.15) is 37.8 Å². The molecule has 2 heterocycles. The lowest BCUT2D eigenvalue weighted by atomic mass is 9.94. The Balaban J connectivity index is 1.98. The van der Waals surface area contributed by atoms with Crippen LogP contribution in [0.4, 0.5) is 0 Å². The van der Waals surface area contributed by atoms with E-state index in [2.05, 4.69) is 19.9 Å². The number of benzene rings is 1. The number of carbonyl (C=O) groups is 1. The molecule has 0 aromatic heterocycles. The standard InChI is InChI=1S/C16H21NO3/c1-3-5-17-9-13-8-15-14(19-10-20-15)7-12(13)6-11(4-2)16(17)18/h7-8,11H,3-6,9-10H2,1-2H3. The van der Waals surface area contributed by atoms with Crippen LogP contribution in [0.25, 0.3) is 0 Å². The quantitative estimate of drug-likeness (QED) is 0.851. The smallest absolute Gasteiger partial charge is 0.231 e. The van der Waals surface area contributed by atoms with Gasteiger partial charge in [0.2, 0.25) is 12.7 Å². The molecule has 0 saturated carbocycles. The maximum Gasteiger partial charge on any atom is 0.231 e. The van der Waals surface area contributed by atoms with E-state index < -0.39 is 0 Å². The van der Waals surface area contributed by atoms with Gasteiger partial charge >= 0.3 is 0 Å². The molecule has 0 bridgehead atoms. The molecule has 108 valence electrons. The molecule has 2 aliphatic heterocycles. The molecule has 1 aromatic rings. The van der Waals surface area contributed by atoms with Crippen LogP contribution in [-0.2, 0) is 17.8 Å². The van der Waals surface area contributed by atoms with Crippen molar-refractivity contribution in [3.63, 3.8) is 0 Å². The van der Waals surface area contributed by atoms with Crippen LogP contribution in [0.2, 0.25) is 0 Å². The number of hydrogen-bond donors (Lipinski definition) is 0. The Bertz CT molecular complexity index is 527. The summed E-state index contributed by atoms with van der Waals surface area (Å²) in [5.41, 5.74) is 2.43. The van der Waals surface area contributed by atoms with Crippen molar-refractivity contribution >= 4 is 5.91 Å². The lowest BCUT2D eigenvalue weighted by molar-refractivity contribution is -0.135. The fourth-order valence-electron chi connectivity index (χ4n) is 3.04. The zero-order valence-electron chi connectivity index (χ0n) is 12.1. The van der Waals surface area contributed by atoms with Gasteiger partial charge in [0.25, 0.3) is 0 Å². The van der Waals surface area contributed by atoms with Gasteiger partial charge in [-0.05, 0) is 42.5 Å². The third kappa shape index (κ3) is 2.23. The highest BCUT2D eigenvalue weighted by Crippen LogP contribution is 2.37. The fourth-order valence-corrected chi connectivity index (χ4v) is 3.04. The largest absolute Gasteiger partial charge is 0.454 e. The third-order valence-electron chi connectivity index (χ3n) is 4.17. The van der Waals surface area contributed by atoms with Crippen molar-refractivity contribution < 1.29 is 14.3 Å². The van der Waals surface area contributed by atoms with Gasteiger partial charge in [-0.3, -0.25) is 4.79 Å². The lowest BCUT2D eigenvalue weighted by Crippen LogP contribution is -2.34. The minimum atomic E-state index is 0.0863. The average Bonchev–Trinajstić information content (AvgIpc) is 2.85. The van der Waals surface area contributed by atoms with Crippen LogP contribution in [0.5, 0.6) is 11.5 Å². The summed E-state index contributed by atoms with van der Waals surface area (Å²) in [7, 11) is 0. The Kier molecular flexibility index (Phi) is 3.55. The van der Waals surface area contributed by atoms with E-state index in [9.17, 15) is 4.79 Å². The summed E-state index contributed by atoms with van der Waals surface area (Å²) in [4.78, 5) is 14.5. The van der Waals surface area contributed by atoms with E-state index in [1.165, 1.54) is 11.1 Å². The minimum Gasteiger partial charge on any atom is -0.454 e. The summed E-state index contributed by atoms with van der Waals surface area (Å²) < 4.78 is 10.9. The number of ether oxygens (including phenoxy) is 2. The molecule has 0 spiro atoms. The molecule has 0 fully saturated rings. The van der Waals surface area contributed by atoms with Crippen molar-refractivity contribution in [3.05, 3.63) is 23.3 Å². The van der Waals surface area contributed by atoms with E-state index in [-0.39, 0.29) is 11.8 Å². The first-order chi connectivity index (χ1) is 9.72. The Labute approximate surface area is 119 Å². The summed E-state index contributed by atoms with van der Waals surface area (Å²) >= 11 is 0. The number of fused-ring (bicyclic) bond motifs is 2. The monoisotopic (exact) mass is 275 g/mol. The fraction of sp³-hybridized carbons (Fsp3) is 0.562. The normalized spacial score (nSPS) is 20.8. The highest BCUT2D eigenvalue weighted by Gasteiger charge is 2.29. The van der Waals surface area contributed by atoms with Gasteiger partial charge in [-0.15, -0.1) is 0 Å². The summed E-state index contributed by atoms with van der Waals surface area (Å²) in [6.07, 6.45) is 2.68. The van der Waals surface area contributed by atoms with Gasteiger partial charge in [0, 0.05) is 19.0 Å². The molecule has 1 atom stereocenters. The molecular formula is C16H21NO3. The molecule has 1 amide bonds. The molecule has 4 nitrogen and oxygen atoms in total. The zero-order valence-corrected chi connectivity index (χ0v) is 12.1. The molecule has 0 radical (unpaired) electrons. The maximum atomic E-state index is 12.6. The summed E-state index contributed by atoms with van der Waals surface area (Å²) in [6, 6.07) is 4.11. The SMILES string of the molecule is CCCN1Cc2cc3c(cc2CC(CC)C1=O)OCO3. The van der Waals surface area contributed by atoms with Gasteiger partial charge in [0.1, 0.15) is 0 Å². The Morgan fingerprint density at radius 3 is 2.55 bits per heavy atom.